The topological polar surface area (TPSA) is 79.7 Å². The predicted molar refractivity (Wildman–Crippen MR) is 118 cm³/mol. The van der Waals surface area contributed by atoms with E-state index in [9.17, 15) is 19.1 Å². The van der Waals surface area contributed by atoms with Gasteiger partial charge in [-0.05, 0) is 35.9 Å². The Morgan fingerprint density at radius 3 is 2.42 bits per heavy atom. The number of hydrogen-bond donors (Lipinski definition) is 1. The van der Waals surface area contributed by atoms with Crippen LogP contribution in [-0.4, -0.2) is 41.5 Å². The number of carbonyl (C=O) groups is 2. The second kappa shape index (κ2) is 7.77. The van der Waals surface area contributed by atoms with Gasteiger partial charge in [0.2, 0.25) is 0 Å². The highest BCUT2D eigenvalue weighted by Crippen LogP contribution is 2.44. The Balaban J connectivity index is 1.79. The molecule has 0 spiro atoms. The predicted octanol–water partition coefficient (Wildman–Crippen LogP) is 4.59. The van der Waals surface area contributed by atoms with Crippen molar-refractivity contribution in [3.05, 3.63) is 65.1 Å². The molecule has 0 saturated heterocycles. The van der Waals surface area contributed by atoms with E-state index in [1.54, 1.807) is 18.3 Å². The number of amides is 2. The van der Waals surface area contributed by atoms with Crippen molar-refractivity contribution >= 4 is 30.8 Å². The lowest BCUT2D eigenvalue weighted by molar-refractivity contribution is 0.0640. The third kappa shape index (κ3) is 3.90. The van der Waals surface area contributed by atoms with Crippen molar-refractivity contribution in [2.24, 2.45) is 0 Å². The van der Waals surface area contributed by atoms with Gasteiger partial charge in [-0.3, -0.25) is 19.5 Å². The molecule has 6 nitrogen and oxygen atoms in total. The average molecular weight is 439 g/mol. The minimum atomic E-state index is -1.40. The molecule has 1 aromatic heterocycles. The van der Waals surface area contributed by atoms with Crippen LogP contribution in [0.2, 0.25) is 25.7 Å². The maximum atomic E-state index is 13.3. The van der Waals surface area contributed by atoms with E-state index >= 15 is 0 Å². The number of pyridine rings is 1. The Morgan fingerprint density at radius 2 is 1.74 bits per heavy atom. The van der Waals surface area contributed by atoms with E-state index in [-0.39, 0.29) is 29.2 Å². The van der Waals surface area contributed by atoms with E-state index in [0.29, 0.717) is 23.1 Å². The van der Waals surface area contributed by atoms with Crippen molar-refractivity contribution in [2.45, 2.75) is 32.2 Å². The number of fused-ring (bicyclic) bond motifs is 2. The summed E-state index contributed by atoms with van der Waals surface area (Å²) in [5.41, 5.74) is 0.903. The maximum absolute atomic E-state index is 13.3. The van der Waals surface area contributed by atoms with E-state index in [1.807, 2.05) is 0 Å². The van der Waals surface area contributed by atoms with Crippen LogP contribution in [0.3, 0.4) is 0 Å². The first-order valence-electron chi connectivity index (χ1n) is 10.0. The van der Waals surface area contributed by atoms with Gasteiger partial charge in [0.15, 0.2) is 5.75 Å². The number of nitrogens with zero attached hydrogens (tertiary/aromatic N) is 2. The molecule has 1 aliphatic rings. The second-order valence-electron chi connectivity index (χ2n) is 8.81. The van der Waals surface area contributed by atoms with Gasteiger partial charge in [-0.25, -0.2) is 4.39 Å². The lowest BCUT2D eigenvalue weighted by Gasteiger charge is -2.18. The van der Waals surface area contributed by atoms with E-state index in [1.165, 1.54) is 24.3 Å². The zero-order chi connectivity index (χ0) is 22.3. The van der Waals surface area contributed by atoms with Gasteiger partial charge in [0.25, 0.3) is 11.8 Å². The first-order chi connectivity index (χ1) is 14.7. The first-order valence-corrected chi connectivity index (χ1v) is 13.7. The smallest absolute Gasteiger partial charge is 0.265 e. The number of imide groups is 1. The van der Waals surface area contributed by atoms with Crippen molar-refractivity contribution in [1.82, 2.24) is 9.88 Å². The molecule has 0 fully saturated rings. The summed E-state index contributed by atoms with van der Waals surface area (Å²) >= 11 is 0. The fourth-order valence-electron chi connectivity index (χ4n) is 3.55. The van der Waals surface area contributed by atoms with E-state index in [2.05, 4.69) is 24.6 Å². The lowest BCUT2D eigenvalue weighted by atomic mass is 10.0. The number of carbonyl (C=O) groups excluding carboxylic acids is 2. The zero-order valence-corrected chi connectivity index (χ0v) is 18.6. The number of halogens is 1. The van der Waals surface area contributed by atoms with Crippen LogP contribution >= 0.6 is 0 Å². The number of phenolic OH excluding ortho intramolecular Hbond substituents is 1. The summed E-state index contributed by atoms with van der Waals surface area (Å²) in [4.78, 5) is 31.8. The zero-order valence-electron chi connectivity index (χ0n) is 17.6. The lowest BCUT2D eigenvalue weighted by Crippen LogP contribution is -2.29. The summed E-state index contributed by atoms with van der Waals surface area (Å²) < 4.78 is 19.3. The fraction of sp³-hybridized carbons (Fsp3) is 0.261. The molecule has 8 heteroatoms. The standard InChI is InChI=1S/C23H23FN2O4Si/c1-31(2,3)12-11-30-21-18-17(20(27)16-5-4-10-25-19(16)21)22(28)26(23(18)29)13-14-6-8-15(24)9-7-14/h4-10,27H,11-13H2,1-3H3. The average Bonchev–Trinajstić information content (AvgIpc) is 2.96. The Kier molecular flexibility index (Phi) is 5.26. The molecule has 0 bridgehead atoms. The minimum Gasteiger partial charge on any atom is -0.506 e. The van der Waals surface area contributed by atoms with Gasteiger partial charge in [-0.15, -0.1) is 0 Å². The Labute approximate surface area is 180 Å². The molecule has 0 aliphatic carbocycles. The number of hydrogen-bond acceptors (Lipinski definition) is 5. The molecule has 0 atom stereocenters. The number of rotatable bonds is 6. The highest BCUT2D eigenvalue weighted by atomic mass is 28.3. The van der Waals surface area contributed by atoms with Crippen molar-refractivity contribution in [2.75, 3.05) is 6.61 Å². The third-order valence-electron chi connectivity index (χ3n) is 5.26. The SMILES string of the molecule is C[Si](C)(C)CCOc1c2c(c(O)c3cccnc13)C(=O)N(Cc1ccc(F)cc1)C2=O. The molecule has 2 amide bonds. The Hall–Kier alpha value is -3.26. The Bertz CT molecular complexity index is 1190. The monoisotopic (exact) mass is 438 g/mol. The highest BCUT2D eigenvalue weighted by molar-refractivity contribution is 6.76. The van der Waals surface area contributed by atoms with Crippen molar-refractivity contribution in [3.8, 4) is 11.5 Å². The number of benzene rings is 2. The fourth-order valence-corrected chi connectivity index (χ4v) is 4.27. The molecule has 0 saturated carbocycles. The van der Waals surface area contributed by atoms with Gasteiger partial charge in [0.1, 0.15) is 22.6 Å². The van der Waals surface area contributed by atoms with E-state index in [4.69, 9.17) is 4.74 Å². The maximum Gasteiger partial charge on any atom is 0.265 e. The second-order valence-corrected chi connectivity index (χ2v) is 14.4. The molecular weight excluding hydrogens is 415 g/mol. The largest absolute Gasteiger partial charge is 0.506 e. The number of aromatic nitrogens is 1. The highest BCUT2D eigenvalue weighted by Gasteiger charge is 2.42. The van der Waals surface area contributed by atoms with E-state index < -0.39 is 25.7 Å². The normalized spacial score (nSPS) is 13.7. The van der Waals surface area contributed by atoms with Gasteiger partial charge in [-0.2, -0.15) is 0 Å². The van der Waals surface area contributed by atoms with Crippen LogP contribution in [0.4, 0.5) is 4.39 Å². The molecule has 4 rings (SSSR count). The number of ether oxygens (including phenoxy) is 1. The van der Waals surface area contributed by atoms with Gasteiger partial charge in [0, 0.05) is 19.7 Å². The summed E-state index contributed by atoms with van der Waals surface area (Å²) in [6.07, 6.45) is 1.55. The van der Waals surface area contributed by atoms with Gasteiger partial charge in [0.05, 0.1) is 18.7 Å². The Morgan fingerprint density at radius 1 is 1.06 bits per heavy atom. The third-order valence-corrected chi connectivity index (χ3v) is 6.97. The van der Waals surface area contributed by atoms with Gasteiger partial charge < -0.3 is 9.84 Å². The molecule has 3 aromatic rings. The molecule has 31 heavy (non-hydrogen) atoms. The van der Waals surface area contributed by atoms with Crippen LogP contribution in [0.5, 0.6) is 11.5 Å². The quantitative estimate of drug-likeness (QED) is 0.450. The van der Waals surface area contributed by atoms with Crippen LogP contribution in [0.25, 0.3) is 10.9 Å². The first kappa shape index (κ1) is 21.0. The molecule has 0 radical (unpaired) electrons. The van der Waals surface area contributed by atoms with Crippen LogP contribution in [-0.2, 0) is 6.54 Å². The molecule has 1 aliphatic heterocycles. The van der Waals surface area contributed by atoms with E-state index in [0.717, 1.165) is 10.9 Å². The number of aromatic hydroxyl groups is 1. The van der Waals surface area contributed by atoms with Crippen LogP contribution in [0.1, 0.15) is 26.3 Å². The molecule has 160 valence electrons. The van der Waals surface area contributed by atoms with Gasteiger partial charge in [-0.1, -0.05) is 31.8 Å². The molecule has 2 heterocycles. The summed E-state index contributed by atoms with van der Waals surface area (Å²) in [5, 5.41) is 11.2. The van der Waals surface area contributed by atoms with Crippen LogP contribution in [0.15, 0.2) is 42.6 Å². The van der Waals surface area contributed by atoms with Crippen molar-refractivity contribution in [3.63, 3.8) is 0 Å². The van der Waals surface area contributed by atoms with Crippen molar-refractivity contribution in [1.29, 1.82) is 0 Å². The summed E-state index contributed by atoms with van der Waals surface area (Å²) in [6, 6.07) is 9.73. The molecule has 0 unspecified atom stereocenters. The molecule has 1 N–H and O–H groups in total. The van der Waals surface area contributed by atoms with Gasteiger partial charge >= 0.3 is 0 Å². The van der Waals surface area contributed by atoms with Crippen molar-refractivity contribution < 1.29 is 23.8 Å². The van der Waals surface area contributed by atoms with Crippen LogP contribution < -0.4 is 4.74 Å². The van der Waals surface area contributed by atoms with Crippen LogP contribution in [0, 0.1) is 5.82 Å². The summed E-state index contributed by atoms with van der Waals surface area (Å²) in [5.74, 6) is -1.63. The molecular formula is C23H23FN2O4Si. The minimum absolute atomic E-state index is 0.0337. The summed E-state index contributed by atoms with van der Waals surface area (Å²) in [7, 11) is -1.40. The number of phenols is 1. The molecule has 2 aromatic carbocycles. The summed E-state index contributed by atoms with van der Waals surface area (Å²) in [6.45, 7) is 7.00.